The van der Waals surface area contributed by atoms with E-state index in [1.807, 2.05) is 0 Å². The van der Waals surface area contributed by atoms with Gasteiger partial charge in [0.05, 0.1) is 6.10 Å². The van der Waals surface area contributed by atoms with E-state index in [1.165, 1.54) is 0 Å². The van der Waals surface area contributed by atoms with E-state index in [4.69, 9.17) is 4.74 Å². The lowest BCUT2D eigenvalue weighted by atomic mass is 10.3. The van der Waals surface area contributed by atoms with Crippen LogP contribution in [0, 0.1) is 0 Å². The number of rotatable bonds is 1. The highest BCUT2D eigenvalue weighted by Gasteiger charge is 2.12. The first-order valence-electron chi connectivity index (χ1n) is 2.59. The smallest absolute Gasteiger partial charge is 0.0725 e. The van der Waals surface area contributed by atoms with Crippen LogP contribution in [0.15, 0.2) is 0 Å². The van der Waals surface area contributed by atoms with E-state index in [1.54, 1.807) is 7.11 Å². The maximum absolute atomic E-state index is 5.02. The van der Waals surface area contributed by atoms with E-state index in [0.29, 0.717) is 6.10 Å². The lowest BCUT2D eigenvalue weighted by Gasteiger charge is -2.00. The molecule has 0 spiro atoms. The Labute approximate surface area is 43.9 Å². The van der Waals surface area contributed by atoms with Crippen molar-refractivity contribution in [1.82, 2.24) is 5.32 Å². The van der Waals surface area contributed by atoms with Crippen LogP contribution >= 0.6 is 0 Å². The number of hydrogen-bond donors (Lipinski definition) is 0. The Morgan fingerprint density at radius 3 is 2.86 bits per heavy atom. The van der Waals surface area contributed by atoms with E-state index in [2.05, 4.69) is 5.32 Å². The molecule has 1 aliphatic heterocycles. The Balaban J connectivity index is 2.14. The maximum atomic E-state index is 5.02. The average Bonchev–Trinajstić information content (AvgIpc) is 2.14. The van der Waals surface area contributed by atoms with Crippen LogP contribution in [-0.4, -0.2) is 26.3 Å². The van der Waals surface area contributed by atoms with Crippen LogP contribution in [-0.2, 0) is 4.74 Å². The lowest BCUT2D eigenvalue weighted by Crippen LogP contribution is -2.10. The van der Waals surface area contributed by atoms with Crippen molar-refractivity contribution in [1.29, 1.82) is 0 Å². The van der Waals surface area contributed by atoms with Gasteiger partial charge in [-0.2, -0.15) is 0 Å². The Kier molecular flexibility index (Phi) is 1.65. The largest absolute Gasteiger partial charge is 0.380 e. The number of ether oxygens (including phenoxy) is 1. The van der Waals surface area contributed by atoms with Crippen LogP contribution in [0.3, 0.4) is 0 Å². The van der Waals surface area contributed by atoms with Gasteiger partial charge in [-0.15, -0.1) is 0 Å². The minimum atomic E-state index is 0.431. The zero-order valence-corrected chi connectivity index (χ0v) is 4.55. The zero-order chi connectivity index (χ0) is 5.11. The molecule has 2 heteroatoms. The van der Waals surface area contributed by atoms with Crippen LogP contribution in [0.4, 0.5) is 0 Å². The van der Waals surface area contributed by atoms with Gasteiger partial charge in [-0.25, -0.2) is 5.32 Å². The van der Waals surface area contributed by atoms with E-state index >= 15 is 0 Å². The molecule has 1 saturated heterocycles. The fourth-order valence-electron chi connectivity index (χ4n) is 0.754. The van der Waals surface area contributed by atoms with Gasteiger partial charge in [0.1, 0.15) is 0 Å². The summed E-state index contributed by atoms with van der Waals surface area (Å²) in [7, 11) is 1.74. The molecule has 0 aliphatic carbocycles. The average molecular weight is 100 g/mol. The van der Waals surface area contributed by atoms with E-state index in [0.717, 1.165) is 19.5 Å². The summed E-state index contributed by atoms with van der Waals surface area (Å²) < 4.78 is 5.02. The first-order valence-corrected chi connectivity index (χ1v) is 2.59. The van der Waals surface area contributed by atoms with Crippen LogP contribution in [0.1, 0.15) is 6.42 Å². The molecular formula is C5H10NO. The maximum Gasteiger partial charge on any atom is 0.0725 e. The quantitative estimate of drug-likeness (QED) is 0.455. The van der Waals surface area contributed by atoms with Gasteiger partial charge in [0.2, 0.25) is 0 Å². The molecule has 1 unspecified atom stereocenters. The summed E-state index contributed by atoms with van der Waals surface area (Å²) in [5.74, 6) is 0. The first kappa shape index (κ1) is 5.06. The summed E-state index contributed by atoms with van der Waals surface area (Å²) in [5.41, 5.74) is 0. The first-order chi connectivity index (χ1) is 3.43. The third-order valence-electron chi connectivity index (χ3n) is 1.28. The third kappa shape index (κ3) is 1.14. The third-order valence-corrected chi connectivity index (χ3v) is 1.28. The van der Waals surface area contributed by atoms with Crippen molar-refractivity contribution in [3.05, 3.63) is 0 Å². The van der Waals surface area contributed by atoms with Gasteiger partial charge in [-0.1, -0.05) is 0 Å². The molecule has 1 radical (unpaired) electrons. The van der Waals surface area contributed by atoms with Crippen molar-refractivity contribution >= 4 is 0 Å². The molecule has 0 aromatic rings. The molecule has 7 heavy (non-hydrogen) atoms. The molecule has 1 heterocycles. The number of methoxy groups -OCH3 is 1. The molecule has 0 aromatic heterocycles. The zero-order valence-electron chi connectivity index (χ0n) is 4.55. The van der Waals surface area contributed by atoms with Crippen molar-refractivity contribution in [2.45, 2.75) is 12.5 Å². The predicted molar refractivity (Wildman–Crippen MR) is 27.3 cm³/mol. The lowest BCUT2D eigenvalue weighted by molar-refractivity contribution is 0.119. The van der Waals surface area contributed by atoms with Gasteiger partial charge < -0.3 is 4.74 Å². The van der Waals surface area contributed by atoms with Crippen molar-refractivity contribution in [2.24, 2.45) is 0 Å². The highest BCUT2D eigenvalue weighted by molar-refractivity contribution is 4.69. The molecule has 0 aromatic carbocycles. The summed E-state index contributed by atoms with van der Waals surface area (Å²) in [4.78, 5) is 0. The van der Waals surface area contributed by atoms with Crippen LogP contribution < -0.4 is 5.32 Å². The van der Waals surface area contributed by atoms with E-state index in [9.17, 15) is 0 Å². The van der Waals surface area contributed by atoms with Crippen molar-refractivity contribution in [3.63, 3.8) is 0 Å². The molecular weight excluding hydrogens is 90.1 g/mol. The number of nitrogens with zero attached hydrogens (tertiary/aromatic N) is 1. The molecule has 1 fully saturated rings. The second-order valence-electron chi connectivity index (χ2n) is 1.78. The monoisotopic (exact) mass is 100 g/mol. The SMILES string of the molecule is COC1CC[N]C1. The Bertz CT molecular complexity index is 50.0. The summed E-state index contributed by atoms with van der Waals surface area (Å²) in [6.07, 6.45) is 1.55. The molecule has 0 bridgehead atoms. The molecule has 0 amide bonds. The summed E-state index contributed by atoms with van der Waals surface area (Å²) in [6.45, 7) is 1.91. The van der Waals surface area contributed by atoms with Gasteiger partial charge in [0.25, 0.3) is 0 Å². The van der Waals surface area contributed by atoms with Crippen LogP contribution in [0.5, 0.6) is 0 Å². The Morgan fingerprint density at radius 2 is 2.57 bits per heavy atom. The topological polar surface area (TPSA) is 23.3 Å². The second kappa shape index (κ2) is 2.28. The van der Waals surface area contributed by atoms with E-state index < -0.39 is 0 Å². The van der Waals surface area contributed by atoms with Gasteiger partial charge >= 0.3 is 0 Å². The molecule has 0 N–H and O–H groups in total. The second-order valence-corrected chi connectivity index (χ2v) is 1.78. The van der Waals surface area contributed by atoms with Gasteiger partial charge in [-0.3, -0.25) is 0 Å². The molecule has 0 saturated carbocycles. The summed E-state index contributed by atoms with van der Waals surface area (Å²) in [5, 5.41) is 4.11. The van der Waals surface area contributed by atoms with Crippen molar-refractivity contribution in [3.8, 4) is 0 Å². The standard InChI is InChI=1S/C5H10NO/c1-7-5-2-3-6-4-5/h5H,2-4H2,1H3. The Hall–Kier alpha value is -0.0800. The molecule has 1 rings (SSSR count). The summed E-state index contributed by atoms with van der Waals surface area (Å²) >= 11 is 0. The fourth-order valence-corrected chi connectivity index (χ4v) is 0.754. The minimum Gasteiger partial charge on any atom is -0.380 e. The molecule has 1 atom stereocenters. The van der Waals surface area contributed by atoms with Crippen molar-refractivity contribution < 1.29 is 4.74 Å². The van der Waals surface area contributed by atoms with E-state index in [-0.39, 0.29) is 0 Å². The van der Waals surface area contributed by atoms with Gasteiger partial charge in [0, 0.05) is 20.2 Å². The molecule has 41 valence electrons. The fraction of sp³-hybridized carbons (Fsp3) is 1.00. The van der Waals surface area contributed by atoms with Gasteiger partial charge in [-0.05, 0) is 6.42 Å². The molecule has 2 nitrogen and oxygen atoms in total. The highest BCUT2D eigenvalue weighted by Crippen LogP contribution is 2.00. The summed E-state index contributed by atoms with van der Waals surface area (Å²) in [6, 6.07) is 0. The Morgan fingerprint density at radius 1 is 1.71 bits per heavy atom. The van der Waals surface area contributed by atoms with Crippen molar-refractivity contribution in [2.75, 3.05) is 20.2 Å². The highest BCUT2D eigenvalue weighted by atomic mass is 16.5. The minimum absolute atomic E-state index is 0.431. The molecule has 1 aliphatic rings. The number of hydrogen-bond acceptors (Lipinski definition) is 1. The van der Waals surface area contributed by atoms with Crippen LogP contribution in [0.25, 0.3) is 0 Å². The normalized spacial score (nSPS) is 31.3. The van der Waals surface area contributed by atoms with Crippen LogP contribution in [0.2, 0.25) is 0 Å². The van der Waals surface area contributed by atoms with Gasteiger partial charge in [0.15, 0.2) is 0 Å². The predicted octanol–water partition coefficient (Wildman–Crippen LogP) is 0.00950.